The molecule has 1 aliphatic heterocycles. The Hall–Kier alpha value is -3.20. The zero-order valence-electron chi connectivity index (χ0n) is 12.9. The molecule has 2 N–H and O–H groups in total. The van der Waals surface area contributed by atoms with Crippen LogP contribution in [0.4, 0.5) is 5.69 Å². The van der Waals surface area contributed by atoms with Crippen molar-refractivity contribution in [3.63, 3.8) is 0 Å². The van der Waals surface area contributed by atoms with Gasteiger partial charge in [-0.25, -0.2) is 0 Å². The number of nitrogens with zero attached hydrogens (tertiary/aromatic N) is 6. The molecule has 9 heteroatoms. The van der Waals surface area contributed by atoms with Gasteiger partial charge < -0.3 is 5.73 Å². The highest BCUT2D eigenvalue weighted by molar-refractivity contribution is 8.01. The van der Waals surface area contributed by atoms with Gasteiger partial charge in [0.05, 0.1) is 11.4 Å². The molecule has 0 saturated carbocycles. The topological polar surface area (TPSA) is 102 Å². The molecule has 0 fully saturated rings. The lowest BCUT2D eigenvalue weighted by molar-refractivity contribution is -0.116. The van der Waals surface area contributed by atoms with E-state index in [1.165, 1.54) is 16.8 Å². The van der Waals surface area contributed by atoms with Gasteiger partial charge >= 0.3 is 0 Å². The van der Waals surface area contributed by atoms with E-state index in [0.717, 1.165) is 5.69 Å². The summed E-state index contributed by atoms with van der Waals surface area (Å²) in [5.74, 6) is -0.00206. The van der Waals surface area contributed by atoms with Crippen LogP contribution in [0.25, 0.3) is 5.69 Å². The van der Waals surface area contributed by atoms with E-state index in [-0.39, 0.29) is 11.7 Å². The van der Waals surface area contributed by atoms with Crippen molar-refractivity contribution in [1.29, 1.82) is 0 Å². The summed E-state index contributed by atoms with van der Waals surface area (Å²) in [5.41, 5.74) is 7.46. The van der Waals surface area contributed by atoms with Gasteiger partial charge in [0.15, 0.2) is 5.25 Å². The van der Waals surface area contributed by atoms with Crippen LogP contribution in [0.2, 0.25) is 0 Å². The molecule has 124 valence electrons. The van der Waals surface area contributed by atoms with Crippen LogP contribution in [-0.2, 0) is 4.79 Å². The number of carbonyl (C=O) groups excluding carboxylic acids is 1. The van der Waals surface area contributed by atoms with E-state index in [1.54, 1.807) is 16.8 Å². The van der Waals surface area contributed by atoms with Gasteiger partial charge in [0, 0.05) is 0 Å². The Morgan fingerprint density at radius 1 is 0.960 bits per heavy atom. The van der Waals surface area contributed by atoms with Gasteiger partial charge in [-0.2, -0.15) is 14.8 Å². The largest absolute Gasteiger partial charge is 0.384 e. The maximum absolute atomic E-state index is 12.7. The van der Waals surface area contributed by atoms with Crippen molar-refractivity contribution in [3.8, 4) is 5.69 Å². The molecule has 0 unspecified atom stereocenters. The predicted molar refractivity (Wildman–Crippen MR) is 94.3 cm³/mol. The van der Waals surface area contributed by atoms with E-state index in [2.05, 4.69) is 20.6 Å². The Balaban J connectivity index is 1.60. The Morgan fingerprint density at radius 2 is 1.60 bits per heavy atom. The fraction of sp³-hybridized carbons (Fsp3) is 0.0625. The standard InChI is InChI=1S/C16H13N7OS/c17-14-13(15(24)22(19-14)11-7-3-1-4-8-11)25-16-18-20-21-23(16)12-9-5-2-6-10-12/h1-10,13H,(H2,17,19)/t13-/m0/s1. The summed E-state index contributed by atoms with van der Waals surface area (Å²) in [4.78, 5) is 12.7. The molecule has 0 saturated heterocycles. The average molecular weight is 351 g/mol. The highest BCUT2D eigenvalue weighted by atomic mass is 32.2. The van der Waals surface area contributed by atoms with Crippen LogP contribution in [0.3, 0.4) is 0 Å². The molecule has 8 nitrogen and oxygen atoms in total. The average Bonchev–Trinajstić information content (AvgIpc) is 3.23. The predicted octanol–water partition coefficient (Wildman–Crippen LogP) is 1.44. The number of tetrazole rings is 1. The number of thioether (sulfide) groups is 1. The van der Waals surface area contributed by atoms with E-state index in [4.69, 9.17) is 5.73 Å². The minimum absolute atomic E-state index is 0.224. The van der Waals surface area contributed by atoms with Gasteiger partial charge in [0.2, 0.25) is 5.16 Å². The maximum atomic E-state index is 12.7. The van der Waals surface area contributed by atoms with Crippen molar-refractivity contribution in [3.05, 3.63) is 60.7 Å². The van der Waals surface area contributed by atoms with Crippen molar-refractivity contribution >= 4 is 29.2 Å². The molecule has 1 atom stereocenters. The summed E-state index contributed by atoms with van der Waals surface area (Å²) < 4.78 is 1.57. The van der Waals surface area contributed by atoms with Gasteiger partial charge in [0.1, 0.15) is 5.84 Å². The number of benzene rings is 2. The first-order valence-electron chi connectivity index (χ1n) is 7.47. The summed E-state index contributed by atoms with van der Waals surface area (Å²) in [6, 6.07) is 18.6. The lowest BCUT2D eigenvalue weighted by Crippen LogP contribution is -2.32. The van der Waals surface area contributed by atoms with Crippen molar-refractivity contribution < 1.29 is 4.79 Å². The molecule has 1 aromatic heterocycles. The third-order valence-corrected chi connectivity index (χ3v) is 4.73. The second kappa shape index (κ2) is 6.36. The van der Waals surface area contributed by atoms with Crippen molar-refractivity contribution in [2.45, 2.75) is 10.4 Å². The number of anilines is 1. The van der Waals surface area contributed by atoms with Gasteiger partial charge in [-0.05, 0) is 34.7 Å². The van der Waals surface area contributed by atoms with Gasteiger partial charge in [-0.15, -0.1) is 5.10 Å². The summed E-state index contributed by atoms with van der Waals surface area (Å²) in [7, 11) is 0. The first-order valence-corrected chi connectivity index (χ1v) is 8.35. The SMILES string of the molecule is NC1=NN(c2ccccc2)C(=O)[C@H]1Sc1nnnn1-c1ccccc1. The van der Waals surface area contributed by atoms with Crippen LogP contribution in [0.15, 0.2) is 70.9 Å². The van der Waals surface area contributed by atoms with E-state index in [0.29, 0.717) is 10.8 Å². The van der Waals surface area contributed by atoms with Crippen LogP contribution in [0.5, 0.6) is 0 Å². The number of amides is 1. The molecule has 1 aliphatic rings. The fourth-order valence-electron chi connectivity index (χ4n) is 2.41. The number of para-hydroxylation sites is 2. The van der Waals surface area contributed by atoms with Crippen molar-refractivity contribution in [2.75, 3.05) is 5.01 Å². The van der Waals surface area contributed by atoms with Crippen LogP contribution in [0.1, 0.15) is 0 Å². The van der Waals surface area contributed by atoms with Gasteiger partial charge in [0.25, 0.3) is 5.91 Å². The van der Waals surface area contributed by atoms with Crippen LogP contribution < -0.4 is 10.7 Å². The van der Waals surface area contributed by atoms with Crippen molar-refractivity contribution in [1.82, 2.24) is 20.2 Å². The molecule has 0 aliphatic carbocycles. The van der Waals surface area contributed by atoms with Crippen LogP contribution in [-0.4, -0.2) is 37.2 Å². The summed E-state index contributed by atoms with van der Waals surface area (Å²) in [5, 5.41) is 17.0. The quantitative estimate of drug-likeness (QED) is 0.763. The fourth-order valence-corrected chi connectivity index (χ4v) is 3.31. The number of nitrogens with two attached hydrogens (primary N) is 1. The summed E-state index contributed by atoms with van der Waals surface area (Å²) in [6.07, 6.45) is 0. The Bertz CT molecular complexity index is 926. The Kier molecular flexibility index (Phi) is 3.90. The molecule has 4 rings (SSSR count). The molecule has 1 amide bonds. The molecule has 2 heterocycles. The zero-order valence-corrected chi connectivity index (χ0v) is 13.7. The molecular formula is C16H13N7OS. The molecular weight excluding hydrogens is 338 g/mol. The number of amidine groups is 1. The normalized spacial score (nSPS) is 17.0. The number of hydrazone groups is 1. The molecule has 0 bridgehead atoms. The lowest BCUT2D eigenvalue weighted by atomic mass is 10.3. The second-order valence-corrected chi connectivity index (χ2v) is 6.29. The molecule has 25 heavy (non-hydrogen) atoms. The zero-order chi connectivity index (χ0) is 17.2. The van der Waals surface area contributed by atoms with Crippen LogP contribution >= 0.6 is 11.8 Å². The molecule has 3 aromatic rings. The third kappa shape index (κ3) is 2.85. The minimum Gasteiger partial charge on any atom is -0.384 e. The Morgan fingerprint density at radius 3 is 2.28 bits per heavy atom. The summed E-state index contributed by atoms with van der Waals surface area (Å²) in [6.45, 7) is 0. The molecule has 0 spiro atoms. The summed E-state index contributed by atoms with van der Waals surface area (Å²) >= 11 is 1.17. The van der Waals surface area contributed by atoms with E-state index < -0.39 is 5.25 Å². The number of rotatable bonds is 4. The van der Waals surface area contributed by atoms with Crippen molar-refractivity contribution in [2.24, 2.45) is 10.8 Å². The number of hydrogen-bond acceptors (Lipinski definition) is 7. The van der Waals surface area contributed by atoms with E-state index in [9.17, 15) is 4.79 Å². The molecule has 2 aromatic carbocycles. The number of aromatic nitrogens is 4. The highest BCUT2D eigenvalue weighted by Gasteiger charge is 2.37. The second-order valence-electron chi connectivity index (χ2n) is 5.22. The van der Waals surface area contributed by atoms with Gasteiger partial charge in [-0.1, -0.05) is 48.2 Å². The molecule has 0 radical (unpaired) electrons. The third-order valence-electron chi connectivity index (χ3n) is 3.58. The first-order chi connectivity index (χ1) is 12.2. The highest BCUT2D eigenvalue weighted by Crippen LogP contribution is 2.30. The smallest absolute Gasteiger partial charge is 0.268 e. The first kappa shape index (κ1) is 15.3. The monoisotopic (exact) mass is 351 g/mol. The number of hydrogen-bond donors (Lipinski definition) is 1. The van der Waals surface area contributed by atoms with Crippen LogP contribution in [0, 0.1) is 0 Å². The number of carbonyl (C=O) groups is 1. The van der Waals surface area contributed by atoms with Gasteiger partial charge in [-0.3, -0.25) is 4.79 Å². The maximum Gasteiger partial charge on any atom is 0.268 e. The minimum atomic E-state index is -0.673. The lowest BCUT2D eigenvalue weighted by Gasteiger charge is -2.13. The van der Waals surface area contributed by atoms with E-state index >= 15 is 0 Å². The Labute approximate surface area is 147 Å². The van der Waals surface area contributed by atoms with E-state index in [1.807, 2.05) is 48.5 Å².